The van der Waals surface area contributed by atoms with Crippen LogP contribution in [0, 0.1) is 12.7 Å². The fraction of sp³-hybridized carbons (Fsp3) is 0.300. The zero-order chi connectivity index (χ0) is 20.7. The number of methoxy groups -OCH3 is 2. The highest BCUT2D eigenvalue weighted by Crippen LogP contribution is 2.24. The second-order valence-electron chi connectivity index (χ2n) is 6.09. The van der Waals surface area contributed by atoms with Crippen LogP contribution in [-0.2, 0) is 16.1 Å². The molecule has 1 amide bonds. The van der Waals surface area contributed by atoms with Crippen LogP contribution in [0.2, 0.25) is 0 Å². The van der Waals surface area contributed by atoms with Crippen molar-refractivity contribution in [3.63, 3.8) is 0 Å². The highest BCUT2D eigenvalue weighted by molar-refractivity contribution is 5.82. The molecule has 1 N–H and O–H groups in total. The lowest BCUT2D eigenvalue weighted by Gasteiger charge is -2.21. The van der Waals surface area contributed by atoms with E-state index in [2.05, 4.69) is 0 Å². The molecule has 0 spiro atoms. The van der Waals surface area contributed by atoms with E-state index >= 15 is 0 Å². The lowest BCUT2D eigenvalue weighted by atomic mass is 10.2. The van der Waals surface area contributed by atoms with Crippen molar-refractivity contribution in [3.05, 3.63) is 53.3 Å². The van der Waals surface area contributed by atoms with Crippen molar-refractivity contribution in [3.8, 4) is 17.2 Å². The van der Waals surface area contributed by atoms with Crippen molar-refractivity contribution in [1.29, 1.82) is 0 Å². The molecule has 0 unspecified atom stereocenters. The quantitative estimate of drug-likeness (QED) is 0.707. The lowest BCUT2D eigenvalue weighted by Crippen LogP contribution is -2.38. The Morgan fingerprint density at radius 1 is 1.07 bits per heavy atom. The number of hydrogen-bond acceptors (Lipinski definition) is 5. The first-order chi connectivity index (χ1) is 13.3. The molecule has 0 heterocycles. The smallest absolute Gasteiger partial charge is 0.323 e. The number of hydrogen-bond donors (Lipinski definition) is 1. The van der Waals surface area contributed by atoms with Gasteiger partial charge in [-0.1, -0.05) is 6.07 Å². The SMILES string of the molecule is COc1cc(CN(CC(=O)O)C(=O)COc2cc(C)ccc2F)cc(OC)c1. The molecular formula is C20H22FNO6. The number of nitrogens with zero attached hydrogens (tertiary/aromatic N) is 1. The topological polar surface area (TPSA) is 85.3 Å². The Morgan fingerprint density at radius 3 is 2.29 bits per heavy atom. The molecule has 7 nitrogen and oxygen atoms in total. The number of amides is 1. The van der Waals surface area contributed by atoms with Gasteiger partial charge in [0.1, 0.15) is 18.0 Å². The minimum Gasteiger partial charge on any atom is -0.497 e. The van der Waals surface area contributed by atoms with Crippen molar-refractivity contribution < 1.29 is 33.3 Å². The summed E-state index contributed by atoms with van der Waals surface area (Å²) in [4.78, 5) is 24.8. The number of carboxylic acid groups (broad SMARTS) is 1. The highest BCUT2D eigenvalue weighted by Gasteiger charge is 2.19. The fourth-order valence-electron chi connectivity index (χ4n) is 2.53. The number of carbonyl (C=O) groups is 2. The Labute approximate surface area is 162 Å². The predicted molar refractivity (Wildman–Crippen MR) is 99.2 cm³/mol. The molecule has 0 saturated carbocycles. The number of aliphatic carboxylic acids is 1. The minimum absolute atomic E-state index is 0.00163. The van der Waals surface area contributed by atoms with Gasteiger partial charge in [-0.15, -0.1) is 0 Å². The molecule has 8 heteroatoms. The van der Waals surface area contributed by atoms with Gasteiger partial charge in [-0.3, -0.25) is 9.59 Å². The number of carbonyl (C=O) groups excluding carboxylic acids is 1. The van der Waals surface area contributed by atoms with Gasteiger partial charge in [0.2, 0.25) is 0 Å². The lowest BCUT2D eigenvalue weighted by molar-refractivity contribution is -0.145. The third-order valence-electron chi connectivity index (χ3n) is 3.90. The molecular weight excluding hydrogens is 369 g/mol. The van der Waals surface area contributed by atoms with Gasteiger partial charge in [-0.2, -0.15) is 0 Å². The molecule has 0 bridgehead atoms. The summed E-state index contributed by atoms with van der Waals surface area (Å²) in [6.07, 6.45) is 0. The standard InChI is InChI=1S/C20H22FNO6/c1-13-4-5-17(21)18(6-13)28-12-19(23)22(11-20(24)25)10-14-7-15(26-2)9-16(8-14)27-3/h4-9H,10-12H2,1-3H3,(H,24,25). The van der Waals surface area contributed by atoms with Crippen LogP contribution >= 0.6 is 0 Å². The second kappa shape index (κ2) is 9.59. The average Bonchev–Trinajstić information content (AvgIpc) is 2.67. The van der Waals surface area contributed by atoms with Crippen LogP contribution in [0.15, 0.2) is 36.4 Å². The summed E-state index contributed by atoms with van der Waals surface area (Å²) in [7, 11) is 2.98. The van der Waals surface area contributed by atoms with Gasteiger partial charge in [0.25, 0.3) is 5.91 Å². The Hall–Kier alpha value is -3.29. The molecule has 28 heavy (non-hydrogen) atoms. The Kier molecular flexibility index (Phi) is 7.20. The monoisotopic (exact) mass is 391 g/mol. The molecule has 0 atom stereocenters. The zero-order valence-corrected chi connectivity index (χ0v) is 15.9. The molecule has 0 radical (unpaired) electrons. The highest BCUT2D eigenvalue weighted by atomic mass is 19.1. The van der Waals surface area contributed by atoms with Crippen LogP contribution in [0.5, 0.6) is 17.2 Å². The van der Waals surface area contributed by atoms with E-state index in [4.69, 9.17) is 19.3 Å². The van der Waals surface area contributed by atoms with Crippen LogP contribution in [0.3, 0.4) is 0 Å². The van der Waals surface area contributed by atoms with Crippen molar-refractivity contribution >= 4 is 11.9 Å². The summed E-state index contributed by atoms with van der Waals surface area (Å²) in [5.41, 5.74) is 1.39. The molecule has 0 aromatic heterocycles. The van der Waals surface area contributed by atoms with E-state index < -0.39 is 30.8 Å². The normalized spacial score (nSPS) is 10.3. The van der Waals surface area contributed by atoms with Crippen molar-refractivity contribution in [2.75, 3.05) is 27.4 Å². The molecule has 2 aromatic rings. The molecule has 150 valence electrons. The van der Waals surface area contributed by atoms with Gasteiger partial charge in [-0.25, -0.2) is 4.39 Å². The number of rotatable bonds is 9. The van der Waals surface area contributed by atoms with Gasteiger partial charge in [0.05, 0.1) is 14.2 Å². The molecule has 0 aliphatic rings. The van der Waals surface area contributed by atoms with Crippen LogP contribution < -0.4 is 14.2 Å². The first-order valence-electron chi connectivity index (χ1n) is 8.43. The Morgan fingerprint density at radius 2 is 1.71 bits per heavy atom. The Balaban J connectivity index is 2.15. The molecule has 0 saturated heterocycles. The van der Waals surface area contributed by atoms with E-state index in [9.17, 15) is 14.0 Å². The van der Waals surface area contributed by atoms with Crippen LogP contribution in [0.1, 0.15) is 11.1 Å². The number of halogens is 1. The summed E-state index contributed by atoms with van der Waals surface area (Å²) in [5, 5.41) is 9.13. The van der Waals surface area contributed by atoms with E-state index in [1.165, 1.54) is 26.4 Å². The maximum absolute atomic E-state index is 13.8. The van der Waals surface area contributed by atoms with Crippen molar-refractivity contribution in [2.45, 2.75) is 13.5 Å². The number of aryl methyl sites for hydroxylation is 1. The summed E-state index contributed by atoms with van der Waals surface area (Å²) in [5.74, 6) is -1.41. The van der Waals surface area contributed by atoms with Gasteiger partial charge in [0, 0.05) is 12.6 Å². The van der Waals surface area contributed by atoms with Gasteiger partial charge < -0.3 is 24.2 Å². The summed E-state index contributed by atoms with van der Waals surface area (Å²) < 4.78 is 29.4. The van der Waals surface area contributed by atoms with Crippen LogP contribution in [0.25, 0.3) is 0 Å². The van der Waals surface area contributed by atoms with Crippen LogP contribution in [-0.4, -0.2) is 49.3 Å². The molecule has 0 fully saturated rings. The van der Waals surface area contributed by atoms with Crippen molar-refractivity contribution in [2.24, 2.45) is 0 Å². The number of benzene rings is 2. The van der Waals surface area contributed by atoms with E-state index in [1.54, 1.807) is 31.2 Å². The number of ether oxygens (including phenoxy) is 3. The van der Waals surface area contributed by atoms with Crippen molar-refractivity contribution in [1.82, 2.24) is 4.90 Å². The maximum Gasteiger partial charge on any atom is 0.323 e. The largest absolute Gasteiger partial charge is 0.497 e. The zero-order valence-electron chi connectivity index (χ0n) is 15.9. The van der Waals surface area contributed by atoms with E-state index in [1.807, 2.05) is 0 Å². The molecule has 2 aromatic carbocycles. The fourth-order valence-corrected chi connectivity index (χ4v) is 2.53. The third kappa shape index (κ3) is 5.87. The van der Waals surface area contributed by atoms with Crippen LogP contribution in [0.4, 0.5) is 4.39 Å². The Bertz CT molecular complexity index is 832. The van der Waals surface area contributed by atoms with Gasteiger partial charge >= 0.3 is 5.97 Å². The minimum atomic E-state index is -1.18. The average molecular weight is 391 g/mol. The molecule has 0 aliphatic carbocycles. The van der Waals surface area contributed by atoms with E-state index in [0.29, 0.717) is 17.1 Å². The van der Waals surface area contributed by atoms with E-state index in [0.717, 1.165) is 10.5 Å². The second-order valence-corrected chi connectivity index (χ2v) is 6.09. The van der Waals surface area contributed by atoms with Gasteiger partial charge in [-0.05, 0) is 42.3 Å². The first-order valence-corrected chi connectivity index (χ1v) is 8.43. The van der Waals surface area contributed by atoms with E-state index in [-0.39, 0.29) is 12.3 Å². The summed E-state index contributed by atoms with van der Waals surface area (Å²) >= 11 is 0. The third-order valence-corrected chi connectivity index (χ3v) is 3.90. The maximum atomic E-state index is 13.8. The van der Waals surface area contributed by atoms with Gasteiger partial charge in [0.15, 0.2) is 18.2 Å². The predicted octanol–water partition coefficient (Wildman–Crippen LogP) is 2.64. The molecule has 2 rings (SSSR count). The summed E-state index contributed by atoms with van der Waals surface area (Å²) in [6.45, 7) is 0.742. The number of carboxylic acids is 1. The summed E-state index contributed by atoms with van der Waals surface area (Å²) in [6, 6.07) is 9.30. The first kappa shape index (κ1) is 21.0. The molecule has 0 aliphatic heterocycles.